The molecule has 0 fully saturated rings. The van der Waals surface area contributed by atoms with Crippen LogP contribution in [0.5, 0.6) is 11.5 Å². The number of rotatable bonds is 5. The first kappa shape index (κ1) is 23.4. The Kier molecular flexibility index (Phi) is 6.35. The first-order valence-corrected chi connectivity index (χ1v) is 12.6. The number of hydrogen-bond acceptors (Lipinski definition) is 9. The number of nitrogens with one attached hydrogen (secondary N) is 1. The van der Waals surface area contributed by atoms with Crippen molar-refractivity contribution in [3.05, 3.63) is 65.2 Å². The quantitative estimate of drug-likeness (QED) is 0.377. The zero-order valence-electron chi connectivity index (χ0n) is 18.0. The van der Waals surface area contributed by atoms with E-state index >= 15 is 0 Å². The van der Waals surface area contributed by atoms with Crippen LogP contribution in [0.3, 0.4) is 0 Å². The Bertz CT molecular complexity index is 1400. The predicted molar refractivity (Wildman–Crippen MR) is 129 cm³/mol. The summed E-state index contributed by atoms with van der Waals surface area (Å²) in [5, 5.41) is 13.3. The van der Waals surface area contributed by atoms with Crippen molar-refractivity contribution in [2.45, 2.75) is 6.92 Å². The maximum absolute atomic E-state index is 12.6. The summed E-state index contributed by atoms with van der Waals surface area (Å²) < 4.78 is 34.4. The number of benzene rings is 2. The molecule has 2 aromatic carbocycles. The maximum atomic E-state index is 12.6. The molecule has 0 unspecified atom stereocenters. The molecule has 2 aromatic rings. The molecule has 4 rings (SSSR count). The molecule has 0 saturated heterocycles. The Labute approximate surface area is 199 Å². The van der Waals surface area contributed by atoms with Crippen molar-refractivity contribution in [3.8, 4) is 11.5 Å². The van der Waals surface area contributed by atoms with Crippen LogP contribution in [0.25, 0.3) is 6.08 Å². The molecule has 0 saturated carbocycles. The number of amides is 1. The van der Waals surface area contributed by atoms with Gasteiger partial charge < -0.3 is 9.47 Å². The minimum Gasteiger partial charge on any atom is -0.490 e. The van der Waals surface area contributed by atoms with Gasteiger partial charge in [0, 0.05) is 6.26 Å². The molecule has 10 nitrogen and oxygen atoms in total. The number of fused-ring (bicyclic) bond motifs is 1. The fourth-order valence-electron chi connectivity index (χ4n) is 2.99. The first-order valence-electron chi connectivity index (χ1n) is 9.91. The average molecular weight is 499 g/mol. The van der Waals surface area contributed by atoms with Crippen molar-refractivity contribution < 1.29 is 27.5 Å². The van der Waals surface area contributed by atoms with Gasteiger partial charge in [-0.25, -0.2) is 13.2 Å². The SMILES string of the molecule is CCOc1cc(/C=C2/C(=N)N3N=C(S(C)(=O)=O)SC3=NC2=O)ccc1OC(=O)c1ccccc1. The van der Waals surface area contributed by atoms with Crippen molar-refractivity contribution in [1.82, 2.24) is 5.01 Å². The normalized spacial score (nSPS) is 16.8. The zero-order valence-corrected chi connectivity index (χ0v) is 19.6. The molecule has 0 spiro atoms. The number of sulfone groups is 1. The molecule has 34 heavy (non-hydrogen) atoms. The molecule has 0 aromatic heterocycles. The standard InChI is InChI=1S/C22H18N4O6S2/c1-3-31-17-12-13(9-10-16(17)32-20(28)14-7-5-4-6-8-14)11-15-18(23)26-21(24-19(15)27)33-22(25-26)34(2,29)30/h4-12,23H,3H2,1-2H3/b15-11-,23-18?. The van der Waals surface area contributed by atoms with Gasteiger partial charge in [0.1, 0.15) is 0 Å². The van der Waals surface area contributed by atoms with E-state index in [0.29, 0.717) is 29.5 Å². The Balaban J connectivity index is 1.63. The molecule has 0 radical (unpaired) electrons. The second kappa shape index (κ2) is 9.23. The number of carbonyl (C=O) groups excluding carboxylic acids is 2. The Morgan fingerprint density at radius 1 is 1.18 bits per heavy atom. The molecule has 2 heterocycles. The molecule has 0 atom stereocenters. The molecule has 1 amide bonds. The van der Waals surface area contributed by atoms with Gasteiger partial charge in [-0.15, -0.1) is 5.10 Å². The number of ether oxygens (including phenoxy) is 2. The minimum absolute atomic E-state index is 0.00533. The smallest absolute Gasteiger partial charge is 0.343 e. The average Bonchev–Trinajstić information content (AvgIpc) is 3.24. The van der Waals surface area contributed by atoms with E-state index in [0.717, 1.165) is 11.3 Å². The van der Waals surface area contributed by atoms with Crippen molar-refractivity contribution in [2.75, 3.05) is 12.9 Å². The van der Waals surface area contributed by atoms with Gasteiger partial charge >= 0.3 is 5.97 Å². The maximum Gasteiger partial charge on any atom is 0.343 e. The highest BCUT2D eigenvalue weighted by atomic mass is 32.3. The molecule has 0 aliphatic carbocycles. The Morgan fingerprint density at radius 2 is 1.91 bits per heavy atom. The van der Waals surface area contributed by atoms with Gasteiger partial charge in [0.05, 0.1) is 17.7 Å². The van der Waals surface area contributed by atoms with Crippen LogP contribution in [0, 0.1) is 5.41 Å². The molecule has 174 valence electrons. The van der Waals surface area contributed by atoms with Gasteiger partial charge in [-0.3, -0.25) is 10.2 Å². The van der Waals surface area contributed by atoms with Gasteiger partial charge in [0.15, 0.2) is 17.3 Å². The summed E-state index contributed by atoms with van der Waals surface area (Å²) >= 11 is 0.713. The number of aliphatic imine (C=N–C) groups is 1. The van der Waals surface area contributed by atoms with Crippen molar-refractivity contribution >= 4 is 54.9 Å². The summed E-state index contributed by atoms with van der Waals surface area (Å²) in [6, 6.07) is 13.2. The van der Waals surface area contributed by atoms with Gasteiger partial charge in [-0.1, -0.05) is 24.3 Å². The summed E-state index contributed by atoms with van der Waals surface area (Å²) in [4.78, 5) is 28.8. The van der Waals surface area contributed by atoms with Crippen LogP contribution >= 0.6 is 11.8 Å². The van der Waals surface area contributed by atoms with E-state index in [9.17, 15) is 18.0 Å². The third-order valence-corrected chi connectivity index (χ3v) is 7.12. The third-order valence-electron chi connectivity index (χ3n) is 4.54. The predicted octanol–water partition coefficient (Wildman–Crippen LogP) is 2.93. The van der Waals surface area contributed by atoms with Gasteiger partial charge in [-0.05, 0) is 54.6 Å². The molecule has 0 bridgehead atoms. The van der Waals surface area contributed by atoms with Crippen molar-refractivity contribution in [2.24, 2.45) is 10.1 Å². The Morgan fingerprint density at radius 3 is 2.59 bits per heavy atom. The first-order chi connectivity index (χ1) is 16.2. The van der Waals surface area contributed by atoms with E-state index in [1.54, 1.807) is 49.4 Å². The largest absolute Gasteiger partial charge is 0.490 e. The van der Waals surface area contributed by atoms with Crippen LogP contribution in [0.4, 0.5) is 0 Å². The minimum atomic E-state index is -3.62. The molecular weight excluding hydrogens is 480 g/mol. The van der Waals surface area contributed by atoms with Crippen LogP contribution in [0.15, 0.2) is 64.2 Å². The fraction of sp³-hybridized carbons (Fsp3) is 0.136. The Hall–Kier alpha value is -3.77. The van der Waals surface area contributed by atoms with E-state index in [1.165, 1.54) is 12.1 Å². The molecule has 12 heteroatoms. The van der Waals surface area contributed by atoms with Gasteiger partial charge in [0.25, 0.3) is 5.91 Å². The molecular formula is C22H18N4O6S2. The molecule has 2 aliphatic heterocycles. The highest BCUT2D eigenvalue weighted by molar-refractivity contribution is 8.42. The van der Waals surface area contributed by atoms with Crippen molar-refractivity contribution in [3.63, 3.8) is 0 Å². The molecule has 1 N–H and O–H groups in total. The summed E-state index contributed by atoms with van der Waals surface area (Å²) in [6.45, 7) is 2.07. The van der Waals surface area contributed by atoms with E-state index in [1.807, 2.05) is 0 Å². The van der Waals surface area contributed by atoms with E-state index in [2.05, 4.69) is 10.1 Å². The van der Waals surface area contributed by atoms with Gasteiger partial charge in [-0.2, -0.15) is 10.0 Å². The second-order valence-electron chi connectivity index (χ2n) is 7.05. The summed E-state index contributed by atoms with van der Waals surface area (Å²) in [5.41, 5.74) is 0.775. The van der Waals surface area contributed by atoms with Crippen LogP contribution in [0.2, 0.25) is 0 Å². The van der Waals surface area contributed by atoms with E-state index in [-0.39, 0.29) is 32.5 Å². The van der Waals surface area contributed by atoms with Crippen LogP contribution in [-0.4, -0.2) is 53.5 Å². The number of carbonyl (C=O) groups is 2. The second-order valence-corrected chi connectivity index (χ2v) is 10.2. The van der Waals surface area contributed by atoms with Crippen LogP contribution in [-0.2, 0) is 14.6 Å². The number of nitrogens with zero attached hydrogens (tertiary/aromatic N) is 3. The highest BCUT2D eigenvalue weighted by Crippen LogP contribution is 2.33. The zero-order chi connectivity index (χ0) is 24.5. The van der Waals surface area contributed by atoms with Gasteiger partial charge in [0.2, 0.25) is 19.4 Å². The topological polar surface area (TPSA) is 139 Å². The lowest BCUT2D eigenvalue weighted by Gasteiger charge is -2.20. The number of amidine groups is 2. The number of thioether (sulfide) groups is 1. The fourth-order valence-corrected chi connectivity index (χ4v) is 4.68. The third kappa shape index (κ3) is 4.77. The van der Waals surface area contributed by atoms with Crippen molar-refractivity contribution in [1.29, 1.82) is 5.41 Å². The van der Waals surface area contributed by atoms with Crippen LogP contribution < -0.4 is 9.47 Å². The summed E-state index contributed by atoms with van der Waals surface area (Å²) in [7, 11) is -3.62. The highest BCUT2D eigenvalue weighted by Gasteiger charge is 2.38. The number of hydrazone groups is 1. The number of hydrogen-bond donors (Lipinski definition) is 1. The monoisotopic (exact) mass is 498 g/mol. The van der Waals surface area contributed by atoms with Crippen LogP contribution in [0.1, 0.15) is 22.8 Å². The lowest BCUT2D eigenvalue weighted by molar-refractivity contribution is -0.114. The molecule has 2 aliphatic rings. The summed E-state index contributed by atoms with van der Waals surface area (Å²) in [6.07, 6.45) is 2.40. The lowest BCUT2D eigenvalue weighted by atomic mass is 10.1. The van der Waals surface area contributed by atoms with E-state index in [4.69, 9.17) is 14.9 Å². The van der Waals surface area contributed by atoms with E-state index < -0.39 is 21.7 Å². The number of esters is 1. The summed E-state index contributed by atoms with van der Waals surface area (Å²) in [5.74, 6) is -1.09. The lowest BCUT2D eigenvalue weighted by Crippen LogP contribution is -2.35.